The van der Waals surface area contributed by atoms with Gasteiger partial charge >= 0.3 is 5.82 Å². The van der Waals surface area contributed by atoms with E-state index >= 15 is 0 Å². The summed E-state index contributed by atoms with van der Waals surface area (Å²) in [4.78, 5) is 24.4. The van der Waals surface area contributed by atoms with Gasteiger partial charge in [0.25, 0.3) is 5.91 Å². The molecule has 3 N–H and O–H groups in total. The Morgan fingerprint density at radius 3 is 2.85 bits per heavy atom. The zero-order valence-electron chi connectivity index (χ0n) is 11.2. The molecule has 1 aliphatic heterocycles. The van der Waals surface area contributed by atoms with E-state index in [9.17, 15) is 14.9 Å². The molecule has 1 aliphatic rings. The fourth-order valence-electron chi connectivity index (χ4n) is 2.33. The fourth-order valence-corrected chi connectivity index (χ4v) is 2.33. The van der Waals surface area contributed by atoms with E-state index in [0.29, 0.717) is 5.92 Å². The second kappa shape index (κ2) is 7.25. The van der Waals surface area contributed by atoms with Gasteiger partial charge in [-0.3, -0.25) is 4.79 Å². The Kier molecular flexibility index (Phi) is 5.97. The Morgan fingerprint density at radius 1 is 1.55 bits per heavy atom. The largest absolute Gasteiger partial charge is 0.358 e. The number of piperidine rings is 1. The number of nitrogens with zero attached hydrogens (tertiary/aromatic N) is 1. The van der Waals surface area contributed by atoms with Crippen molar-refractivity contribution in [2.24, 2.45) is 5.92 Å². The molecule has 2 atom stereocenters. The number of nitro groups is 1. The van der Waals surface area contributed by atoms with Crippen LogP contribution in [-0.2, 0) is 0 Å². The highest BCUT2D eigenvalue weighted by Crippen LogP contribution is 2.15. The molecule has 112 valence electrons. The van der Waals surface area contributed by atoms with E-state index in [-0.39, 0.29) is 35.9 Å². The van der Waals surface area contributed by atoms with Gasteiger partial charge in [0.1, 0.15) is 0 Å². The van der Waals surface area contributed by atoms with Gasteiger partial charge in [0, 0.05) is 12.1 Å². The maximum absolute atomic E-state index is 11.9. The van der Waals surface area contributed by atoms with Crippen LogP contribution in [0.5, 0.6) is 0 Å². The van der Waals surface area contributed by atoms with Crippen LogP contribution in [-0.4, -0.2) is 34.9 Å². The predicted molar refractivity (Wildman–Crippen MR) is 77.2 cm³/mol. The second-order valence-corrected chi connectivity index (χ2v) is 4.88. The van der Waals surface area contributed by atoms with Crippen molar-refractivity contribution >= 4 is 24.1 Å². The van der Waals surface area contributed by atoms with Crippen molar-refractivity contribution in [1.82, 2.24) is 15.6 Å². The second-order valence-electron chi connectivity index (χ2n) is 4.88. The van der Waals surface area contributed by atoms with Crippen LogP contribution in [0.15, 0.2) is 12.1 Å². The third kappa shape index (κ3) is 3.94. The van der Waals surface area contributed by atoms with Gasteiger partial charge in [0.2, 0.25) is 0 Å². The Bertz CT molecular complexity index is 471. The van der Waals surface area contributed by atoms with Crippen molar-refractivity contribution in [3.63, 3.8) is 0 Å². The summed E-state index contributed by atoms with van der Waals surface area (Å²) < 4.78 is 0. The highest BCUT2D eigenvalue weighted by Gasteiger charge is 2.23. The summed E-state index contributed by atoms with van der Waals surface area (Å²) in [5, 5.41) is 16.7. The van der Waals surface area contributed by atoms with Crippen LogP contribution < -0.4 is 10.6 Å². The van der Waals surface area contributed by atoms with E-state index in [1.54, 1.807) is 0 Å². The Labute approximate surface area is 123 Å². The smallest absolute Gasteiger partial charge is 0.321 e. The molecule has 0 aliphatic carbocycles. The van der Waals surface area contributed by atoms with Crippen molar-refractivity contribution in [2.45, 2.75) is 25.8 Å². The van der Waals surface area contributed by atoms with Crippen LogP contribution in [0.3, 0.4) is 0 Å². The third-order valence-electron chi connectivity index (χ3n) is 3.51. The van der Waals surface area contributed by atoms with Crippen LogP contribution in [0.1, 0.15) is 30.3 Å². The highest BCUT2D eigenvalue weighted by molar-refractivity contribution is 5.93. The lowest BCUT2D eigenvalue weighted by molar-refractivity contribution is -0.389. The van der Waals surface area contributed by atoms with E-state index in [1.165, 1.54) is 12.1 Å². The van der Waals surface area contributed by atoms with E-state index in [2.05, 4.69) is 15.6 Å². The number of aromatic nitrogens is 1. The molecule has 1 amide bonds. The molecular weight excluding hydrogens is 284 g/mol. The molecule has 2 heterocycles. The Morgan fingerprint density at radius 2 is 2.30 bits per heavy atom. The Balaban J connectivity index is 0.00000200. The molecule has 7 nitrogen and oxygen atoms in total. The standard InChI is InChI=1S/C12H18N4O3.ClH/c1-8(9-3-2-6-13-7-9)14-12(17)10-4-5-11(15-10)16(18)19;/h4-5,8-9,13,15H,2-3,6-7H2,1H3,(H,14,17);1H. The molecule has 1 saturated heterocycles. The molecule has 0 radical (unpaired) electrons. The van der Waals surface area contributed by atoms with Gasteiger partial charge in [-0.05, 0) is 49.8 Å². The molecule has 0 spiro atoms. The summed E-state index contributed by atoms with van der Waals surface area (Å²) >= 11 is 0. The van der Waals surface area contributed by atoms with Gasteiger partial charge < -0.3 is 20.7 Å². The van der Waals surface area contributed by atoms with Crippen molar-refractivity contribution in [3.8, 4) is 0 Å². The van der Waals surface area contributed by atoms with Crippen LogP contribution >= 0.6 is 12.4 Å². The highest BCUT2D eigenvalue weighted by atomic mass is 35.5. The number of rotatable bonds is 4. The summed E-state index contributed by atoms with van der Waals surface area (Å²) in [5.74, 6) is -0.0639. The van der Waals surface area contributed by atoms with Crippen molar-refractivity contribution in [1.29, 1.82) is 0 Å². The maximum atomic E-state index is 11.9. The predicted octanol–water partition coefficient (Wildman–Crippen LogP) is 1.46. The topological polar surface area (TPSA) is 100 Å². The van der Waals surface area contributed by atoms with Gasteiger partial charge in [-0.15, -0.1) is 12.4 Å². The quantitative estimate of drug-likeness (QED) is 0.579. The van der Waals surface area contributed by atoms with Gasteiger partial charge in [-0.2, -0.15) is 0 Å². The van der Waals surface area contributed by atoms with E-state index in [1.807, 2.05) is 6.92 Å². The molecule has 2 rings (SSSR count). The average molecular weight is 303 g/mol. The molecule has 1 aromatic heterocycles. The number of carbonyl (C=O) groups is 1. The number of hydrogen-bond acceptors (Lipinski definition) is 4. The first-order valence-electron chi connectivity index (χ1n) is 6.43. The first kappa shape index (κ1) is 16.5. The van der Waals surface area contributed by atoms with Crippen LogP contribution in [0.2, 0.25) is 0 Å². The van der Waals surface area contributed by atoms with Gasteiger partial charge in [0.05, 0.1) is 0 Å². The van der Waals surface area contributed by atoms with Crippen LogP contribution in [0.4, 0.5) is 5.82 Å². The number of nitrogens with one attached hydrogen (secondary N) is 3. The maximum Gasteiger partial charge on any atom is 0.321 e. The zero-order valence-corrected chi connectivity index (χ0v) is 12.0. The lowest BCUT2D eigenvalue weighted by Crippen LogP contribution is -2.44. The lowest BCUT2D eigenvalue weighted by Gasteiger charge is -2.28. The van der Waals surface area contributed by atoms with E-state index < -0.39 is 4.92 Å². The Hall–Kier alpha value is -1.60. The minimum atomic E-state index is -0.550. The number of H-pyrrole nitrogens is 1. The van der Waals surface area contributed by atoms with E-state index in [4.69, 9.17) is 0 Å². The van der Waals surface area contributed by atoms with Gasteiger partial charge in [-0.25, -0.2) is 4.98 Å². The molecule has 1 fully saturated rings. The lowest BCUT2D eigenvalue weighted by atomic mass is 9.93. The number of halogens is 1. The first-order chi connectivity index (χ1) is 9.08. The molecule has 20 heavy (non-hydrogen) atoms. The normalized spacial score (nSPS) is 19.8. The monoisotopic (exact) mass is 302 g/mol. The molecule has 2 unspecified atom stereocenters. The molecule has 0 aromatic carbocycles. The molecular formula is C12H19ClN4O3. The van der Waals surface area contributed by atoms with Crippen molar-refractivity contribution in [2.75, 3.05) is 13.1 Å². The number of hydrogen-bond donors (Lipinski definition) is 3. The fraction of sp³-hybridized carbons (Fsp3) is 0.583. The minimum Gasteiger partial charge on any atom is -0.358 e. The van der Waals surface area contributed by atoms with E-state index in [0.717, 1.165) is 25.9 Å². The number of aromatic amines is 1. The molecule has 1 aromatic rings. The molecule has 0 saturated carbocycles. The summed E-state index contributed by atoms with van der Waals surface area (Å²) in [6, 6.07) is 2.77. The third-order valence-corrected chi connectivity index (χ3v) is 3.51. The summed E-state index contributed by atoms with van der Waals surface area (Å²) in [6.45, 7) is 3.89. The average Bonchev–Trinajstić information content (AvgIpc) is 2.89. The van der Waals surface area contributed by atoms with Crippen LogP contribution in [0, 0.1) is 16.0 Å². The number of carbonyl (C=O) groups excluding carboxylic acids is 1. The first-order valence-corrected chi connectivity index (χ1v) is 6.43. The van der Waals surface area contributed by atoms with Gasteiger partial charge in [0.15, 0.2) is 5.69 Å². The van der Waals surface area contributed by atoms with Crippen LogP contribution in [0.25, 0.3) is 0 Å². The number of amides is 1. The van der Waals surface area contributed by atoms with Gasteiger partial charge in [-0.1, -0.05) is 0 Å². The summed E-state index contributed by atoms with van der Waals surface area (Å²) in [6.07, 6.45) is 2.19. The molecule has 8 heteroatoms. The summed E-state index contributed by atoms with van der Waals surface area (Å²) in [5.41, 5.74) is 0.224. The SMILES string of the molecule is CC(NC(=O)c1ccc([N+](=O)[O-])[nH]1)C1CCCNC1.Cl. The van der Waals surface area contributed by atoms with Crippen molar-refractivity contribution in [3.05, 3.63) is 27.9 Å². The van der Waals surface area contributed by atoms with Crippen molar-refractivity contribution < 1.29 is 9.72 Å². The summed E-state index contributed by atoms with van der Waals surface area (Å²) in [7, 11) is 0. The molecule has 0 bridgehead atoms. The minimum absolute atomic E-state index is 0. The zero-order chi connectivity index (χ0) is 13.8.